The van der Waals surface area contributed by atoms with Crippen LogP contribution in [0, 0.1) is 0 Å². The highest BCUT2D eigenvalue weighted by atomic mass is 16.5. The lowest BCUT2D eigenvalue weighted by Gasteiger charge is -2.29. The summed E-state index contributed by atoms with van der Waals surface area (Å²) in [6.07, 6.45) is 7.77. The SMILES string of the molecule is CN1CCOC(CCN=C=NC2CCCCC2)C1. The highest BCUT2D eigenvalue weighted by Gasteiger charge is 2.16. The Labute approximate surface area is 110 Å². The van der Waals surface area contributed by atoms with Crippen molar-refractivity contribution < 1.29 is 4.74 Å². The standard InChI is InChI=1S/C14H25N3O/c1-17-9-10-18-14(11-17)7-8-15-12-16-13-5-3-2-4-6-13/h13-14H,2-11H2,1H3. The number of likely N-dealkylation sites (N-methyl/N-ethyl adjacent to an activating group) is 1. The van der Waals surface area contributed by atoms with Crippen LogP contribution in [0.4, 0.5) is 0 Å². The quantitative estimate of drug-likeness (QED) is 0.718. The number of nitrogens with zero attached hydrogens (tertiary/aromatic N) is 3. The van der Waals surface area contributed by atoms with E-state index in [-0.39, 0.29) is 0 Å². The molecule has 2 fully saturated rings. The summed E-state index contributed by atoms with van der Waals surface area (Å²) in [7, 11) is 2.14. The Morgan fingerprint density at radius 1 is 1.28 bits per heavy atom. The molecule has 1 saturated heterocycles. The predicted molar refractivity (Wildman–Crippen MR) is 73.5 cm³/mol. The van der Waals surface area contributed by atoms with E-state index < -0.39 is 0 Å². The Bertz CT molecular complexity index is 293. The maximum absolute atomic E-state index is 5.68. The first kappa shape index (κ1) is 13.7. The molecule has 0 bridgehead atoms. The monoisotopic (exact) mass is 251 g/mol. The largest absolute Gasteiger partial charge is 0.375 e. The van der Waals surface area contributed by atoms with Gasteiger partial charge in [0.2, 0.25) is 0 Å². The molecule has 1 aliphatic heterocycles. The average Bonchev–Trinajstić information content (AvgIpc) is 2.40. The van der Waals surface area contributed by atoms with Crippen LogP contribution < -0.4 is 0 Å². The van der Waals surface area contributed by atoms with Crippen molar-refractivity contribution in [3.63, 3.8) is 0 Å². The van der Waals surface area contributed by atoms with Gasteiger partial charge in [-0.05, 0) is 26.3 Å². The first-order chi connectivity index (χ1) is 8.84. The maximum Gasteiger partial charge on any atom is 0.0895 e. The summed E-state index contributed by atoms with van der Waals surface area (Å²) < 4.78 is 5.68. The third-order valence-electron chi connectivity index (χ3n) is 3.79. The Balaban J connectivity index is 1.63. The van der Waals surface area contributed by atoms with Gasteiger partial charge in [-0.15, -0.1) is 0 Å². The predicted octanol–water partition coefficient (Wildman–Crippen LogP) is 2.21. The Morgan fingerprint density at radius 3 is 2.89 bits per heavy atom. The van der Waals surface area contributed by atoms with Crippen molar-refractivity contribution in [2.45, 2.75) is 50.7 Å². The molecule has 0 radical (unpaired) electrons. The van der Waals surface area contributed by atoms with Crippen LogP contribution in [0.3, 0.4) is 0 Å². The van der Waals surface area contributed by atoms with Crippen molar-refractivity contribution in [2.75, 3.05) is 33.3 Å². The number of rotatable bonds is 4. The Hall–Kier alpha value is -0.700. The van der Waals surface area contributed by atoms with Crippen molar-refractivity contribution in [2.24, 2.45) is 9.98 Å². The summed E-state index contributed by atoms with van der Waals surface area (Å²) in [5, 5.41) is 0. The molecule has 1 atom stereocenters. The molecular weight excluding hydrogens is 226 g/mol. The third kappa shape index (κ3) is 4.89. The van der Waals surface area contributed by atoms with E-state index in [0.717, 1.165) is 32.7 Å². The minimum absolute atomic E-state index is 0.337. The molecule has 102 valence electrons. The molecule has 4 nitrogen and oxygen atoms in total. The zero-order valence-electron chi connectivity index (χ0n) is 11.5. The summed E-state index contributed by atoms with van der Waals surface area (Å²) in [4.78, 5) is 11.0. The van der Waals surface area contributed by atoms with Crippen LogP contribution in [0.25, 0.3) is 0 Å². The molecule has 0 aromatic rings. The minimum Gasteiger partial charge on any atom is -0.375 e. The zero-order valence-corrected chi connectivity index (χ0v) is 11.5. The third-order valence-corrected chi connectivity index (χ3v) is 3.79. The molecule has 0 aromatic heterocycles. The van der Waals surface area contributed by atoms with Gasteiger partial charge in [-0.2, -0.15) is 0 Å². The van der Waals surface area contributed by atoms with Gasteiger partial charge in [0.1, 0.15) is 0 Å². The number of hydrogen-bond acceptors (Lipinski definition) is 4. The number of hydrogen-bond donors (Lipinski definition) is 0. The van der Waals surface area contributed by atoms with Crippen molar-refractivity contribution >= 4 is 6.01 Å². The van der Waals surface area contributed by atoms with Crippen molar-refractivity contribution in [3.05, 3.63) is 0 Å². The maximum atomic E-state index is 5.68. The van der Waals surface area contributed by atoms with Gasteiger partial charge in [-0.3, -0.25) is 0 Å². The van der Waals surface area contributed by atoms with Crippen molar-refractivity contribution in [3.8, 4) is 0 Å². The van der Waals surface area contributed by atoms with E-state index in [0.29, 0.717) is 12.1 Å². The first-order valence-corrected chi connectivity index (χ1v) is 7.26. The molecule has 2 aliphatic rings. The summed E-state index contributed by atoms with van der Waals surface area (Å²) in [6.45, 7) is 3.70. The van der Waals surface area contributed by atoms with E-state index in [4.69, 9.17) is 4.74 Å². The van der Waals surface area contributed by atoms with Gasteiger partial charge in [0.25, 0.3) is 0 Å². The number of morpholine rings is 1. The second kappa shape index (κ2) is 7.67. The van der Waals surface area contributed by atoms with Gasteiger partial charge in [-0.1, -0.05) is 19.3 Å². The fourth-order valence-corrected chi connectivity index (χ4v) is 2.63. The molecule has 4 heteroatoms. The molecule has 1 unspecified atom stereocenters. The van der Waals surface area contributed by atoms with E-state index in [2.05, 4.69) is 27.9 Å². The molecule has 0 amide bonds. The molecule has 0 spiro atoms. The van der Waals surface area contributed by atoms with Crippen LogP contribution in [0.5, 0.6) is 0 Å². The Kier molecular flexibility index (Phi) is 5.85. The van der Waals surface area contributed by atoms with Crippen molar-refractivity contribution in [1.29, 1.82) is 0 Å². The average molecular weight is 251 g/mol. The second-order valence-corrected chi connectivity index (χ2v) is 5.45. The summed E-state index contributed by atoms with van der Waals surface area (Å²) >= 11 is 0. The van der Waals surface area contributed by atoms with Crippen LogP contribution in [-0.2, 0) is 4.74 Å². The number of ether oxygens (including phenoxy) is 1. The normalized spacial score (nSPS) is 26.6. The van der Waals surface area contributed by atoms with Crippen LogP contribution in [-0.4, -0.2) is 56.3 Å². The molecule has 1 saturated carbocycles. The second-order valence-electron chi connectivity index (χ2n) is 5.45. The fourth-order valence-electron chi connectivity index (χ4n) is 2.63. The summed E-state index contributed by atoms with van der Waals surface area (Å²) in [5.41, 5.74) is 0. The highest BCUT2D eigenvalue weighted by Crippen LogP contribution is 2.19. The van der Waals surface area contributed by atoms with Crippen LogP contribution in [0.1, 0.15) is 38.5 Å². The molecule has 18 heavy (non-hydrogen) atoms. The van der Waals surface area contributed by atoms with E-state index in [1.807, 2.05) is 0 Å². The van der Waals surface area contributed by atoms with E-state index >= 15 is 0 Å². The molecule has 1 heterocycles. The van der Waals surface area contributed by atoms with E-state index in [9.17, 15) is 0 Å². The smallest absolute Gasteiger partial charge is 0.0895 e. The van der Waals surface area contributed by atoms with Gasteiger partial charge in [-0.25, -0.2) is 9.98 Å². The summed E-state index contributed by atoms with van der Waals surface area (Å²) in [5.74, 6) is 0. The van der Waals surface area contributed by atoms with Gasteiger partial charge < -0.3 is 9.64 Å². The van der Waals surface area contributed by atoms with Crippen molar-refractivity contribution in [1.82, 2.24) is 4.90 Å². The Morgan fingerprint density at radius 2 is 2.11 bits per heavy atom. The molecule has 0 aromatic carbocycles. The van der Waals surface area contributed by atoms with Crippen LogP contribution >= 0.6 is 0 Å². The van der Waals surface area contributed by atoms with Gasteiger partial charge in [0.05, 0.1) is 31.3 Å². The lowest BCUT2D eigenvalue weighted by atomic mass is 9.96. The molecular formula is C14H25N3O. The minimum atomic E-state index is 0.337. The van der Waals surface area contributed by atoms with Gasteiger partial charge >= 0.3 is 0 Å². The molecule has 0 N–H and O–H groups in total. The molecule has 1 aliphatic carbocycles. The summed E-state index contributed by atoms with van der Waals surface area (Å²) in [6, 6.07) is 3.37. The van der Waals surface area contributed by atoms with Crippen LogP contribution in [0.15, 0.2) is 9.98 Å². The lowest BCUT2D eigenvalue weighted by Crippen LogP contribution is -2.40. The topological polar surface area (TPSA) is 37.2 Å². The van der Waals surface area contributed by atoms with E-state index in [1.165, 1.54) is 32.1 Å². The fraction of sp³-hybridized carbons (Fsp3) is 0.929. The molecule has 2 rings (SSSR count). The highest BCUT2D eigenvalue weighted by molar-refractivity contribution is 5.41. The zero-order chi connectivity index (χ0) is 12.6. The van der Waals surface area contributed by atoms with Gasteiger partial charge in [0.15, 0.2) is 0 Å². The van der Waals surface area contributed by atoms with E-state index in [1.54, 1.807) is 0 Å². The van der Waals surface area contributed by atoms with Gasteiger partial charge in [0, 0.05) is 13.1 Å². The lowest BCUT2D eigenvalue weighted by molar-refractivity contribution is -0.0217. The first-order valence-electron chi connectivity index (χ1n) is 7.26. The number of aliphatic imine (C=N–C) groups is 2. The van der Waals surface area contributed by atoms with Crippen LogP contribution in [0.2, 0.25) is 0 Å².